The maximum atomic E-state index is 5.31. The second-order valence-corrected chi connectivity index (χ2v) is 4.82. The first-order chi connectivity index (χ1) is 10.3. The van der Waals surface area contributed by atoms with Crippen molar-refractivity contribution in [3.8, 4) is 5.75 Å². The maximum absolute atomic E-state index is 5.31. The summed E-state index contributed by atoms with van der Waals surface area (Å²) in [5.41, 5.74) is 4.21. The molecule has 0 bridgehead atoms. The number of aromatic nitrogens is 1. The van der Waals surface area contributed by atoms with Gasteiger partial charge in [-0.25, -0.2) is 4.98 Å². The van der Waals surface area contributed by atoms with Crippen molar-refractivity contribution in [1.29, 1.82) is 0 Å². The highest BCUT2D eigenvalue weighted by atomic mass is 16.5. The number of allylic oxidation sites excluding steroid dienone is 1. The van der Waals surface area contributed by atoms with E-state index in [1.54, 1.807) is 7.11 Å². The molecule has 0 atom stereocenters. The molecule has 0 spiro atoms. The van der Waals surface area contributed by atoms with Gasteiger partial charge < -0.3 is 4.74 Å². The van der Waals surface area contributed by atoms with Crippen molar-refractivity contribution in [2.75, 3.05) is 7.11 Å². The first-order valence-corrected chi connectivity index (χ1v) is 6.99. The van der Waals surface area contributed by atoms with Crippen LogP contribution in [-0.2, 0) is 0 Å². The summed E-state index contributed by atoms with van der Waals surface area (Å²) in [6.45, 7) is 2.03. The lowest BCUT2D eigenvalue weighted by Crippen LogP contribution is -1.93. The first kappa shape index (κ1) is 13.4. The lowest BCUT2D eigenvalue weighted by atomic mass is 10.0. The Kier molecular flexibility index (Phi) is 3.69. The van der Waals surface area contributed by atoms with Gasteiger partial charge in [0.05, 0.1) is 18.3 Å². The van der Waals surface area contributed by atoms with Crippen LogP contribution in [0.3, 0.4) is 0 Å². The summed E-state index contributed by atoms with van der Waals surface area (Å²) in [6.07, 6.45) is 2.09. The fourth-order valence-electron chi connectivity index (χ4n) is 2.47. The van der Waals surface area contributed by atoms with Crippen LogP contribution in [0, 0.1) is 0 Å². The first-order valence-electron chi connectivity index (χ1n) is 6.99. The quantitative estimate of drug-likeness (QED) is 0.691. The summed E-state index contributed by atoms with van der Waals surface area (Å²) in [7, 11) is 1.68. The van der Waals surface area contributed by atoms with E-state index in [2.05, 4.69) is 30.3 Å². The Hall–Kier alpha value is -2.61. The Morgan fingerprint density at radius 2 is 1.86 bits per heavy atom. The topological polar surface area (TPSA) is 22.1 Å². The zero-order valence-electron chi connectivity index (χ0n) is 12.2. The van der Waals surface area contributed by atoms with Crippen LogP contribution in [0.2, 0.25) is 0 Å². The van der Waals surface area contributed by atoms with Crippen LogP contribution in [0.1, 0.15) is 18.2 Å². The molecule has 0 N–H and O–H groups in total. The van der Waals surface area contributed by atoms with Crippen molar-refractivity contribution in [1.82, 2.24) is 4.98 Å². The molecule has 3 rings (SSSR count). The molecule has 2 nitrogen and oxygen atoms in total. The molecule has 104 valence electrons. The minimum Gasteiger partial charge on any atom is -0.497 e. The average molecular weight is 275 g/mol. The SMILES string of the molecule is C/C=C(\c1cccc(OC)c1)c1ccc2ccccc2n1. The van der Waals surface area contributed by atoms with Gasteiger partial charge in [-0.15, -0.1) is 0 Å². The molecule has 1 heterocycles. The largest absolute Gasteiger partial charge is 0.497 e. The molecule has 0 saturated heterocycles. The minimum atomic E-state index is 0.854. The highest BCUT2D eigenvalue weighted by Gasteiger charge is 2.07. The van der Waals surface area contributed by atoms with E-state index in [9.17, 15) is 0 Å². The number of nitrogens with zero attached hydrogens (tertiary/aromatic N) is 1. The Balaban J connectivity index is 2.09. The zero-order valence-corrected chi connectivity index (χ0v) is 12.2. The number of benzene rings is 2. The molecule has 0 aliphatic heterocycles. The van der Waals surface area contributed by atoms with Gasteiger partial charge in [-0.1, -0.05) is 42.5 Å². The number of pyridine rings is 1. The second kappa shape index (κ2) is 5.80. The smallest absolute Gasteiger partial charge is 0.119 e. The predicted octanol–water partition coefficient (Wildman–Crippen LogP) is 4.70. The third-order valence-electron chi connectivity index (χ3n) is 3.54. The van der Waals surface area contributed by atoms with Crippen molar-refractivity contribution >= 4 is 16.5 Å². The highest BCUT2D eigenvalue weighted by molar-refractivity contribution is 5.84. The monoisotopic (exact) mass is 275 g/mol. The third-order valence-corrected chi connectivity index (χ3v) is 3.54. The minimum absolute atomic E-state index is 0.854. The van der Waals surface area contributed by atoms with Crippen molar-refractivity contribution in [3.05, 3.63) is 78.0 Å². The number of ether oxygens (including phenoxy) is 1. The van der Waals surface area contributed by atoms with Crippen molar-refractivity contribution in [2.24, 2.45) is 0 Å². The lowest BCUT2D eigenvalue weighted by molar-refractivity contribution is 0.414. The summed E-state index contributed by atoms with van der Waals surface area (Å²) >= 11 is 0. The van der Waals surface area contributed by atoms with E-state index in [-0.39, 0.29) is 0 Å². The number of methoxy groups -OCH3 is 1. The highest BCUT2D eigenvalue weighted by Crippen LogP contribution is 2.26. The van der Waals surface area contributed by atoms with Crippen LogP contribution in [0.25, 0.3) is 16.5 Å². The third kappa shape index (κ3) is 2.65. The van der Waals surface area contributed by atoms with Gasteiger partial charge in [0.2, 0.25) is 0 Å². The van der Waals surface area contributed by atoms with E-state index in [1.807, 2.05) is 43.3 Å². The summed E-state index contributed by atoms with van der Waals surface area (Å²) in [5, 5.41) is 1.15. The van der Waals surface area contributed by atoms with Gasteiger partial charge in [-0.3, -0.25) is 0 Å². The summed E-state index contributed by atoms with van der Waals surface area (Å²) in [4.78, 5) is 4.77. The Bertz CT molecular complexity index is 805. The molecule has 0 radical (unpaired) electrons. The van der Waals surface area contributed by atoms with E-state index in [4.69, 9.17) is 9.72 Å². The molecular formula is C19H17NO. The Labute approximate surface area is 124 Å². The molecule has 0 fully saturated rings. The van der Waals surface area contributed by atoms with Gasteiger partial charge in [0.25, 0.3) is 0 Å². The molecule has 2 heteroatoms. The van der Waals surface area contributed by atoms with Crippen LogP contribution in [0.4, 0.5) is 0 Å². The maximum Gasteiger partial charge on any atom is 0.119 e. The standard InChI is InChI=1S/C19H17NO/c1-3-17(15-8-6-9-16(13-15)21-2)19-12-11-14-7-4-5-10-18(14)20-19/h3-13H,1-2H3/b17-3+. The van der Waals surface area contributed by atoms with Gasteiger partial charge in [-0.2, -0.15) is 0 Å². The van der Waals surface area contributed by atoms with E-state index in [1.165, 1.54) is 0 Å². The Morgan fingerprint density at radius 1 is 1.00 bits per heavy atom. The van der Waals surface area contributed by atoms with Crippen LogP contribution >= 0.6 is 0 Å². The van der Waals surface area contributed by atoms with Crippen molar-refractivity contribution in [3.63, 3.8) is 0 Å². The second-order valence-electron chi connectivity index (χ2n) is 4.82. The zero-order chi connectivity index (χ0) is 14.7. The van der Waals surface area contributed by atoms with E-state index in [0.29, 0.717) is 0 Å². The molecule has 21 heavy (non-hydrogen) atoms. The normalized spacial score (nSPS) is 11.6. The molecule has 0 saturated carbocycles. The van der Waals surface area contributed by atoms with Gasteiger partial charge in [0, 0.05) is 11.0 Å². The van der Waals surface area contributed by atoms with Crippen molar-refractivity contribution in [2.45, 2.75) is 6.92 Å². The van der Waals surface area contributed by atoms with Gasteiger partial charge in [0.1, 0.15) is 5.75 Å². The molecule has 3 aromatic rings. The van der Waals surface area contributed by atoms with Crippen LogP contribution < -0.4 is 4.74 Å². The Morgan fingerprint density at radius 3 is 2.67 bits per heavy atom. The summed E-state index contributed by atoms with van der Waals surface area (Å²) < 4.78 is 5.31. The van der Waals surface area contributed by atoms with E-state index in [0.717, 1.165) is 33.5 Å². The van der Waals surface area contributed by atoms with Crippen LogP contribution in [-0.4, -0.2) is 12.1 Å². The number of hydrogen-bond donors (Lipinski definition) is 0. The fourth-order valence-corrected chi connectivity index (χ4v) is 2.47. The van der Waals surface area contributed by atoms with Crippen LogP contribution in [0.5, 0.6) is 5.75 Å². The van der Waals surface area contributed by atoms with Gasteiger partial charge in [0.15, 0.2) is 0 Å². The predicted molar refractivity (Wildman–Crippen MR) is 87.5 cm³/mol. The summed E-state index contributed by atoms with van der Waals surface area (Å²) in [5.74, 6) is 0.854. The number of fused-ring (bicyclic) bond motifs is 1. The fraction of sp³-hybridized carbons (Fsp3) is 0.105. The molecule has 0 aliphatic rings. The number of rotatable bonds is 3. The molecule has 1 aromatic heterocycles. The van der Waals surface area contributed by atoms with Gasteiger partial charge >= 0.3 is 0 Å². The molecule has 2 aromatic carbocycles. The number of para-hydroxylation sites is 1. The molecule has 0 unspecified atom stereocenters. The summed E-state index contributed by atoms with van der Waals surface area (Å²) in [6, 6.07) is 20.4. The number of hydrogen-bond acceptors (Lipinski definition) is 2. The molecule has 0 aliphatic carbocycles. The van der Waals surface area contributed by atoms with Gasteiger partial charge in [-0.05, 0) is 36.8 Å². The molecular weight excluding hydrogens is 258 g/mol. The lowest BCUT2D eigenvalue weighted by Gasteiger charge is -2.09. The molecule has 0 amide bonds. The van der Waals surface area contributed by atoms with E-state index < -0.39 is 0 Å². The van der Waals surface area contributed by atoms with Crippen LogP contribution in [0.15, 0.2) is 66.7 Å². The average Bonchev–Trinajstić information content (AvgIpc) is 2.56. The van der Waals surface area contributed by atoms with E-state index >= 15 is 0 Å². The van der Waals surface area contributed by atoms with Crippen molar-refractivity contribution < 1.29 is 4.74 Å².